The zero-order chi connectivity index (χ0) is 17.0. The number of piperazine rings is 1. The van der Waals surface area contributed by atoms with Crippen LogP contribution in [-0.2, 0) is 0 Å². The fourth-order valence-corrected chi connectivity index (χ4v) is 3.04. The van der Waals surface area contributed by atoms with Gasteiger partial charge in [-0.3, -0.25) is 15.0 Å². The molecule has 0 amide bonds. The maximum absolute atomic E-state index is 11.2. The molecule has 0 radical (unpaired) electrons. The maximum atomic E-state index is 11.2. The SMILES string of the molecule is COc1cc([N+](=O)[O-])cc([C@@H](CC(C)C)N2CCNCC2)c1O. The summed E-state index contributed by atoms with van der Waals surface area (Å²) in [6, 6.07) is 2.68. The number of hydrogen-bond donors (Lipinski definition) is 2. The van der Waals surface area contributed by atoms with Crippen molar-refractivity contribution >= 4 is 5.69 Å². The molecule has 7 heteroatoms. The number of aromatic hydroxyl groups is 1. The van der Waals surface area contributed by atoms with Crippen molar-refractivity contribution in [2.75, 3.05) is 33.3 Å². The second kappa shape index (κ2) is 7.61. The summed E-state index contributed by atoms with van der Waals surface area (Å²) in [5.41, 5.74) is 0.519. The summed E-state index contributed by atoms with van der Waals surface area (Å²) in [7, 11) is 1.41. The predicted octanol–water partition coefficient (Wildman–Crippen LogP) is 2.30. The molecule has 1 atom stereocenters. The summed E-state index contributed by atoms with van der Waals surface area (Å²) in [5, 5.41) is 25.0. The Kier molecular flexibility index (Phi) is 5.79. The number of non-ortho nitro benzene ring substituents is 1. The molecule has 0 spiro atoms. The summed E-state index contributed by atoms with van der Waals surface area (Å²) in [4.78, 5) is 13.0. The van der Waals surface area contributed by atoms with Gasteiger partial charge in [-0.05, 0) is 12.3 Å². The van der Waals surface area contributed by atoms with Gasteiger partial charge in [0.1, 0.15) is 0 Å². The van der Waals surface area contributed by atoms with Crippen LogP contribution in [0.2, 0.25) is 0 Å². The van der Waals surface area contributed by atoms with Crippen molar-refractivity contribution in [2.24, 2.45) is 5.92 Å². The highest BCUT2D eigenvalue weighted by Gasteiger charge is 2.29. The van der Waals surface area contributed by atoms with Gasteiger partial charge in [0.25, 0.3) is 5.69 Å². The van der Waals surface area contributed by atoms with Gasteiger partial charge in [0.15, 0.2) is 11.5 Å². The van der Waals surface area contributed by atoms with Gasteiger partial charge in [-0.2, -0.15) is 0 Å². The zero-order valence-electron chi connectivity index (χ0n) is 13.9. The van der Waals surface area contributed by atoms with E-state index in [2.05, 4.69) is 24.1 Å². The van der Waals surface area contributed by atoms with Crippen LogP contribution in [0.25, 0.3) is 0 Å². The van der Waals surface area contributed by atoms with Gasteiger partial charge in [0, 0.05) is 43.9 Å². The molecule has 0 aliphatic carbocycles. The molecule has 1 aromatic carbocycles. The quantitative estimate of drug-likeness (QED) is 0.617. The highest BCUT2D eigenvalue weighted by molar-refractivity contribution is 5.54. The molecule has 0 aromatic heterocycles. The van der Waals surface area contributed by atoms with Gasteiger partial charge in [0.05, 0.1) is 18.1 Å². The molecular formula is C16H25N3O4. The topological polar surface area (TPSA) is 87.9 Å². The van der Waals surface area contributed by atoms with E-state index in [4.69, 9.17) is 4.74 Å². The summed E-state index contributed by atoms with van der Waals surface area (Å²) >= 11 is 0. The standard InChI is InChI=1S/C16H25N3O4/c1-11(2)8-14(18-6-4-17-5-7-18)13-9-12(19(21)22)10-15(23-3)16(13)20/h9-11,14,17,20H,4-8H2,1-3H3/t14-/m1/s1. The van der Waals surface area contributed by atoms with Crippen molar-refractivity contribution in [2.45, 2.75) is 26.3 Å². The minimum Gasteiger partial charge on any atom is -0.504 e. The normalized spacial score (nSPS) is 17.2. The largest absolute Gasteiger partial charge is 0.504 e. The van der Waals surface area contributed by atoms with E-state index >= 15 is 0 Å². The molecule has 0 bridgehead atoms. The van der Waals surface area contributed by atoms with Gasteiger partial charge in [-0.25, -0.2) is 0 Å². The molecule has 2 N–H and O–H groups in total. The zero-order valence-corrected chi connectivity index (χ0v) is 13.9. The second-order valence-corrected chi connectivity index (χ2v) is 6.27. The van der Waals surface area contributed by atoms with E-state index in [0.29, 0.717) is 11.5 Å². The first-order valence-corrected chi connectivity index (χ1v) is 7.94. The Hall–Kier alpha value is -1.86. The van der Waals surface area contributed by atoms with Crippen LogP contribution in [-0.4, -0.2) is 48.2 Å². The van der Waals surface area contributed by atoms with E-state index in [1.165, 1.54) is 19.2 Å². The average molecular weight is 323 g/mol. The lowest BCUT2D eigenvalue weighted by molar-refractivity contribution is -0.385. The Bertz CT molecular complexity index is 557. The monoisotopic (exact) mass is 323 g/mol. The number of nitro groups is 1. The third kappa shape index (κ3) is 4.11. The third-order valence-corrected chi connectivity index (χ3v) is 4.17. The molecule has 1 aliphatic heterocycles. The third-order valence-electron chi connectivity index (χ3n) is 4.17. The molecule has 0 saturated carbocycles. The minimum atomic E-state index is -0.449. The van der Waals surface area contributed by atoms with Gasteiger partial charge in [0.2, 0.25) is 0 Å². The number of benzene rings is 1. The van der Waals surface area contributed by atoms with Crippen molar-refractivity contribution in [3.63, 3.8) is 0 Å². The fourth-order valence-electron chi connectivity index (χ4n) is 3.04. The number of nitrogens with zero attached hydrogens (tertiary/aromatic N) is 2. The predicted molar refractivity (Wildman–Crippen MR) is 88.0 cm³/mol. The Labute approximate surface area is 136 Å². The lowest BCUT2D eigenvalue weighted by Gasteiger charge is -2.36. The Morgan fingerprint density at radius 3 is 2.57 bits per heavy atom. The van der Waals surface area contributed by atoms with Crippen molar-refractivity contribution in [3.05, 3.63) is 27.8 Å². The van der Waals surface area contributed by atoms with Crippen molar-refractivity contribution < 1.29 is 14.8 Å². The summed E-state index contributed by atoms with van der Waals surface area (Å²) in [6.07, 6.45) is 0.817. The molecule has 7 nitrogen and oxygen atoms in total. The molecule has 1 saturated heterocycles. The highest BCUT2D eigenvalue weighted by atomic mass is 16.6. The van der Waals surface area contributed by atoms with Crippen LogP contribution in [0.5, 0.6) is 11.5 Å². The number of ether oxygens (including phenoxy) is 1. The first-order valence-electron chi connectivity index (χ1n) is 7.94. The van der Waals surface area contributed by atoms with Crippen LogP contribution < -0.4 is 10.1 Å². The Morgan fingerprint density at radius 2 is 2.04 bits per heavy atom. The van der Waals surface area contributed by atoms with Crippen LogP contribution >= 0.6 is 0 Å². The smallest absolute Gasteiger partial charge is 0.273 e. The minimum absolute atomic E-state index is 0.00211. The molecule has 0 unspecified atom stereocenters. The van der Waals surface area contributed by atoms with E-state index in [0.717, 1.165) is 32.6 Å². The van der Waals surface area contributed by atoms with Gasteiger partial charge in [-0.1, -0.05) is 13.8 Å². The van der Waals surface area contributed by atoms with Crippen LogP contribution in [0.15, 0.2) is 12.1 Å². The summed E-state index contributed by atoms with van der Waals surface area (Å²) in [5.74, 6) is 0.555. The first-order chi connectivity index (χ1) is 10.9. The number of nitro benzene ring substituents is 1. The fraction of sp³-hybridized carbons (Fsp3) is 0.625. The maximum Gasteiger partial charge on any atom is 0.273 e. The van der Waals surface area contributed by atoms with E-state index in [1.807, 2.05) is 0 Å². The Balaban J connectivity index is 2.47. The number of hydrogen-bond acceptors (Lipinski definition) is 6. The molecule has 1 heterocycles. The molecule has 23 heavy (non-hydrogen) atoms. The average Bonchev–Trinajstić information content (AvgIpc) is 2.53. The van der Waals surface area contributed by atoms with Gasteiger partial charge >= 0.3 is 0 Å². The van der Waals surface area contributed by atoms with E-state index < -0.39 is 4.92 Å². The lowest BCUT2D eigenvalue weighted by Crippen LogP contribution is -2.45. The van der Waals surface area contributed by atoms with E-state index in [9.17, 15) is 15.2 Å². The molecule has 1 fully saturated rings. The van der Waals surface area contributed by atoms with Crippen LogP contribution in [0.1, 0.15) is 31.9 Å². The molecule has 2 rings (SSSR count). The second-order valence-electron chi connectivity index (χ2n) is 6.27. The number of methoxy groups -OCH3 is 1. The number of phenolic OH excluding ortho intramolecular Hbond substituents is 1. The van der Waals surface area contributed by atoms with E-state index in [1.54, 1.807) is 0 Å². The lowest BCUT2D eigenvalue weighted by atomic mass is 9.93. The molecule has 1 aromatic rings. The van der Waals surface area contributed by atoms with Crippen molar-refractivity contribution in [1.29, 1.82) is 0 Å². The van der Waals surface area contributed by atoms with Crippen LogP contribution in [0.4, 0.5) is 5.69 Å². The van der Waals surface area contributed by atoms with Gasteiger partial charge in [-0.15, -0.1) is 0 Å². The highest BCUT2D eigenvalue weighted by Crippen LogP contribution is 2.41. The van der Waals surface area contributed by atoms with Gasteiger partial charge < -0.3 is 15.2 Å². The van der Waals surface area contributed by atoms with Crippen molar-refractivity contribution in [3.8, 4) is 11.5 Å². The van der Waals surface area contributed by atoms with Crippen molar-refractivity contribution in [1.82, 2.24) is 10.2 Å². The molecule has 1 aliphatic rings. The molecule has 128 valence electrons. The van der Waals surface area contributed by atoms with E-state index in [-0.39, 0.29) is 23.2 Å². The Morgan fingerprint density at radius 1 is 1.39 bits per heavy atom. The number of nitrogens with one attached hydrogen (secondary N) is 1. The first kappa shape index (κ1) is 17.5. The molecular weight excluding hydrogens is 298 g/mol. The number of phenols is 1. The van der Waals surface area contributed by atoms with Crippen LogP contribution in [0.3, 0.4) is 0 Å². The summed E-state index contributed by atoms with van der Waals surface area (Å²) < 4.78 is 5.13. The number of rotatable bonds is 6. The van der Waals surface area contributed by atoms with Crippen LogP contribution in [0, 0.1) is 16.0 Å². The summed E-state index contributed by atoms with van der Waals surface area (Å²) in [6.45, 7) is 7.67.